The van der Waals surface area contributed by atoms with Gasteiger partial charge in [0.05, 0.1) is 12.3 Å². The minimum atomic E-state index is -0.953. The molecule has 5 nitrogen and oxygen atoms in total. The number of carboxylic acids is 1. The van der Waals surface area contributed by atoms with Gasteiger partial charge < -0.3 is 15.6 Å². The van der Waals surface area contributed by atoms with Crippen molar-refractivity contribution in [3.8, 4) is 5.75 Å². The minimum Gasteiger partial charge on any atom is -0.494 e. The predicted octanol–water partition coefficient (Wildman–Crippen LogP) is 2.62. The van der Waals surface area contributed by atoms with Gasteiger partial charge in [0.25, 0.3) is 0 Å². The summed E-state index contributed by atoms with van der Waals surface area (Å²) in [6.45, 7) is 4.57. The Labute approximate surface area is 119 Å². The van der Waals surface area contributed by atoms with E-state index < -0.39 is 17.9 Å². The van der Waals surface area contributed by atoms with Gasteiger partial charge in [-0.1, -0.05) is 13.8 Å². The Morgan fingerprint density at radius 3 is 2.55 bits per heavy atom. The number of carboxylic acid groups (broad SMARTS) is 1. The van der Waals surface area contributed by atoms with Crippen molar-refractivity contribution in [1.29, 1.82) is 0 Å². The number of carbonyl (C=O) groups is 1. The molecule has 1 aromatic rings. The van der Waals surface area contributed by atoms with Crippen LogP contribution in [0, 0.1) is 5.92 Å². The van der Waals surface area contributed by atoms with Gasteiger partial charge in [-0.3, -0.25) is 9.79 Å². The van der Waals surface area contributed by atoms with Gasteiger partial charge in [0.15, 0.2) is 0 Å². The number of nitrogens with zero attached hydrogens (tertiary/aromatic N) is 1. The molecule has 0 aromatic heterocycles. The Bertz CT molecular complexity index is 443. The van der Waals surface area contributed by atoms with Crippen molar-refractivity contribution in [3.63, 3.8) is 0 Å². The number of aliphatic carboxylic acids is 1. The van der Waals surface area contributed by atoms with Gasteiger partial charge in [0, 0.05) is 12.3 Å². The summed E-state index contributed by atoms with van der Waals surface area (Å²) in [6.07, 6.45) is 2.94. The fraction of sp³-hybridized carbons (Fsp3) is 0.467. The molecule has 1 aromatic carbocycles. The normalized spacial score (nSPS) is 14.2. The molecule has 0 aliphatic heterocycles. The van der Waals surface area contributed by atoms with Crippen molar-refractivity contribution >= 4 is 17.9 Å². The van der Waals surface area contributed by atoms with Gasteiger partial charge in [0.1, 0.15) is 11.7 Å². The summed E-state index contributed by atoms with van der Waals surface area (Å²) in [7, 11) is 0. The quantitative estimate of drug-likeness (QED) is 0.716. The lowest BCUT2D eigenvalue weighted by molar-refractivity contribution is -0.139. The molecule has 0 aliphatic carbocycles. The highest BCUT2D eigenvalue weighted by molar-refractivity contribution is 5.90. The van der Waals surface area contributed by atoms with E-state index in [0.717, 1.165) is 12.2 Å². The highest BCUT2D eigenvalue weighted by Crippen LogP contribution is 2.18. The Morgan fingerprint density at radius 2 is 2.05 bits per heavy atom. The molecule has 0 fully saturated rings. The van der Waals surface area contributed by atoms with Crippen molar-refractivity contribution in [2.24, 2.45) is 16.6 Å². The summed E-state index contributed by atoms with van der Waals surface area (Å²) < 4.78 is 5.46. The van der Waals surface area contributed by atoms with Gasteiger partial charge in [-0.05, 0) is 37.1 Å². The maximum atomic E-state index is 11.1. The fourth-order valence-corrected chi connectivity index (χ4v) is 1.63. The van der Waals surface area contributed by atoms with Crippen molar-refractivity contribution < 1.29 is 14.6 Å². The maximum Gasteiger partial charge on any atom is 0.313 e. The monoisotopic (exact) mass is 278 g/mol. The largest absolute Gasteiger partial charge is 0.494 e. The standard InChI is InChI=1S/C15H22N2O3/c1-3-9-20-12-7-5-11(6-8-12)17-10-13(15(18)19)14(16)4-2/h5-8,10,13-14H,3-4,9,16H2,1-2H3,(H,18,19). The number of ether oxygens (including phenoxy) is 1. The smallest absolute Gasteiger partial charge is 0.313 e. The van der Waals surface area contributed by atoms with Crippen molar-refractivity contribution in [3.05, 3.63) is 24.3 Å². The average molecular weight is 278 g/mol. The molecule has 2 atom stereocenters. The summed E-state index contributed by atoms with van der Waals surface area (Å²) in [5, 5.41) is 9.10. The molecule has 3 N–H and O–H groups in total. The minimum absolute atomic E-state index is 0.427. The third-order valence-electron chi connectivity index (χ3n) is 2.91. The molecule has 0 bridgehead atoms. The topological polar surface area (TPSA) is 84.9 Å². The highest BCUT2D eigenvalue weighted by atomic mass is 16.5. The summed E-state index contributed by atoms with van der Waals surface area (Å²) in [5.41, 5.74) is 6.45. The second-order valence-electron chi connectivity index (χ2n) is 4.56. The third-order valence-corrected chi connectivity index (χ3v) is 2.91. The molecule has 2 unspecified atom stereocenters. The van der Waals surface area contributed by atoms with E-state index in [4.69, 9.17) is 15.6 Å². The highest BCUT2D eigenvalue weighted by Gasteiger charge is 2.21. The van der Waals surface area contributed by atoms with Gasteiger partial charge >= 0.3 is 5.97 Å². The van der Waals surface area contributed by atoms with E-state index in [1.165, 1.54) is 6.21 Å². The lowest BCUT2D eigenvalue weighted by Crippen LogP contribution is -2.35. The molecule has 110 valence electrons. The summed E-state index contributed by atoms with van der Waals surface area (Å²) in [6, 6.07) is 6.79. The molecule has 0 aliphatic rings. The lowest BCUT2D eigenvalue weighted by atomic mass is 10.00. The number of aliphatic imine (C=N–C) groups is 1. The van der Waals surface area contributed by atoms with Crippen LogP contribution in [0.5, 0.6) is 5.75 Å². The van der Waals surface area contributed by atoms with Gasteiger partial charge in [-0.25, -0.2) is 0 Å². The SMILES string of the molecule is CCCOc1ccc(N=CC(C(=O)O)C(N)CC)cc1. The van der Waals surface area contributed by atoms with Crippen molar-refractivity contribution in [2.45, 2.75) is 32.7 Å². The predicted molar refractivity (Wildman–Crippen MR) is 79.8 cm³/mol. The first-order valence-electron chi connectivity index (χ1n) is 6.83. The zero-order valence-corrected chi connectivity index (χ0v) is 12.0. The molecule has 0 saturated carbocycles. The second kappa shape index (κ2) is 8.32. The number of rotatable bonds is 8. The van der Waals surface area contributed by atoms with E-state index in [1.807, 2.05) is 26.0 Å². The number of hydrogen-bond donors (Lipinski definition) is 2. The lowest BCUT2D eigenvalue weighted by Gasteiger charge is -2.13. The Hall–Kier alpha value is -1.88. The maximum absolute atomic E-state index is 11.1. The second-order valence-corrected chi connectivity index (χ2v) is 4.56. The summed E-state index contributed by atoms with van der Waals surface area (Å²) in [5.74, 6) is -0.937. The van der Waals surface area contributed by atoms with Crippen LogP contribution < -0.4 is 10.5 Å². The first-order chi connectivity index (χ1) is 9.58. The third kappa shape index (κ3) is 5.01. The van der Waals surface area contributed by atoms with E-state index in [-0.39, 0.29) is 0 Å². The zero-order valence-electron chi connectivity index (χ0n) is 12.0. The van der Waals surface area contributed by atoms with Crippen LogP contribution in [0.15, 0.2) is 29.3 Å². The van der Waals surface area contributed by atoms with Crippen LogP contribution in [0.3, 0.4) is 0 Å². The molecule has 1 rings (SSSR count). The number of hydrogen-bond acceptors (Lipinski definition) is 4. The Morgan fingerprint density at radius 1 is 1.40 bits per heavy atom. The molecule has 0 saturated heterocycles. The first-order valence-corrected chi connectivity index (χ1v) is 6.83. The van der Waals surface area contributed by atoms with Crippen LogP contribution in [-0.2, 0) is 4.79 Å². The number of benzene rings is 1. The van der Waals surface area contributed by atoms with Gasteiger partial charge in [0.2, 0.25) is 0 Å². The van der Waals surface area contributed by atoms with Crippen LogP contribution in [0.2, 0.25) is 0 Å². The van der Waals surface area contributed by atoms with Crippen LogP contribution in [0.4, 0.5) is 5.69 Å². The van der Waals surface area contributed by atoms with E-state index in [9.17, 15) is 4.79 Å². The van der Waals surface area contributed by atoms with Gasteiger partial charge in [-0.2, -0.15) is 0 Å². The molecule has 0 heterocycles. The molecule has 0 spiro atoms. The molecular weight excluding hydrogens is 256 g/mol. The molecule has 0 radical (unpaired) electrons. The first kappa shape index (κ1) is 16.2. The Balaban J connectivity index is 2.70. The van der Waals surface area contributed by atoms with Crippen LogP contribution in [0.25, 0.3) is 0 Å². The van der Waals surface area contributed by atoms with Crippen LogP contribution in [-0.4, -0.2) is 29.9 Å². The van der Waals surface area contributed by atoms with E-state index in [1.54, 1.807) is 12.1 Å². The molecule has 0 amide bonds. The average Bonchev–Trinajstić information content (AvgIpc) is 2.45. The van der Waals surface area contributed by atoms with E-state index in [0.29, 0.717) is 18.7 Å². The molecule has 5 heteroatoms. The van der Waals surface area contributed by atoms with Crippen molar-refractivity contribution in [1.82, 2.24) is 0 Å². The summed E-state index contributed by atoms with van der Waals surface area (Å²) in [4.78, 5) is 15.3. The van der Waals surface area contributed by atoms with Gasteiger partial charge in [-0.15, -0.1) is 0 Å². The van der Waals surface area contributed by atoms with E-state index in [2.05, 4.69) is 4.99 Å². The summed E-state index contributed by atoms with van der Waals surface area (Å²) >= 11 is 0. The zero-order chi connectivity index (χ0) is 15.0. The number of nitrogens with two attached hydrogens (primary N) is 1. The molecular formula is C15H22N2O3. The van der Waals surface area contributed by atoms with E-state index >= 15 is 0 Å². The molecule has 20 heavy (non-hydrogen) atoms. The fourth-order valence-electron chi connectivity index (χ4n) is 1.63. The van der Waals surface area contributed by atoms with Crippen LogP contribution >= 0.6 is 0 Å². The van der Waals surface area contributed by atoms with Crippen molar-refractivity contribution in [2.75, 3.05) is 6.61 Å². The Kier molecular flexibility index (Phi) is 6.73. The van der Waals surface area contributed by atoms with Crippen LogP contribution in [0.1, 0.15) is 26.7 Å².